The summed E-state index contributed by atoms with van der Waals surface area (Å²) in [5.41, 5.74) is 1.66. The third kappa shape index (κ3) is 3.17. The molecule has 0 unspecified atom stereocenters. The standard InChI is InChI=1S/C18H21NO6/c1-10-15(18(21)25-6)12(17(20)19(10)2)7-11-8-13(22-3)16(24-5)14(9-11)23-4/h7-9H,1-6H3/b12-7-. The normalized spacial score (nSPS) is 15.7. The molecule has 0 aromatic heterocycles. The Bertz CT molecular complexity index is 753. The smallest absolute Gasteiger partial charge is 0.340 e. The van der Waals surface area contributed by atoms with Crippen molar-refractivity contribution < 1.29 is 28.5 Å². The highest BCUT2D eigenvalue weighted by Crippen LogP contribution is 2.39. The van der Waals surface area contributed by atoms with Crippen LogP contribution in [0.25, 0.3) is 6.08 Å². The Balaban J connectivity index is 2.62. The lowest BCUT2D eigenvalue weighted by Crippen LogP contribution is -2.19. The summed E-state index contributed by atoms with van der Waals surface area (Å²) in [6, 6.07) is 3.40. The number of ether oxygens (including phenoxy) is 4. The molecule has 1 heterocycles. The number of carbonyl (C=O) groups excluding carboxylic acids is 2. The zero-order valence-corrected chi connectivity index (χ0v) is 15.1. The molecule has 1 aromatic carbocycles. The van der Waals surface area contributed by atoms with E-state index in [4.69, 9.17) is 18.9 Å². The molecule has 1 aliphatic rings. The minimum atomic E-state index is -0.561. The van der Waals surface area contributed by atoms with E-state index in [1.807, 2.05) is 0 Å². The molecule has 1 aliphatic heterocycles. The van der Waals surface area contributed by atoms with Gasteiger partial charge >= 0.3 is 5.97 Å². The first-order valence-corrected chi connectivity index (χ1v) is 7.48. The molecule has 134 valence electrons. The molecule has 0 aliphatic carbocycles. The molecule has 0 saturated carbocycles. The fourth-order valence-corrected chi connectivity index (χ4v) is 2.65. The van der Waals surface area contributed by atoms with Crippen molar-refractivity contribution in [1.29, 1.82) is 0 Å². The third-order valence-corrected chi connectivity index (χ3v) is 4.06. The molecule has 0 spiro atoms. The number of amides is 1. The zero-order chi connectivity index (χ0) is 18.7. The van der Waals surface area contributed by atoms with E-state index in [0.717, 1.165) is 0 Å². The quantitative estimate of drug-likeness (QED) is 0.599. The van der Waals surface area contributed by atoms with Gasteiger partial charge in [0.05, 0.1) is 39.6 Å². The molecule has 7 heteroatoms. The van der Waals surface area contributed by atoms with E-state index >= 15 is 0 Å². The zero-order valence-electron chi connectivity index (χ0n) is 15.1. The Kier molecular flexibility index (Phi) is 5.36. The molecular formula is C18H21NO6. The molecule has 0 N–H and O–H groups in total. The lowest BCUT2D eigenvalue weighted by molar-refractivity contribution is -0.136. The summed E-state index contributed by atoms with van der Waals surface area (Å²) in [5.74, 6) is 0.503. The highest BCUT2D eigenvalue weighted by Gasteiger charge is 2.35. The van der Waals surface area contributed by atoms with Gasteiger partial charge in [-0.1, -0.05) is 0 Å². The van der Waals surface area contributed by atoms with Gasteiger partial charge in [0.25, 0.3) is 5.91 Å². The van der Waals surface area contributed by atoms with E-state index in [1.54, 1.807) is 32.2 Å². The van der Waals surface area contributed by atoms with Gasteiger partial charge < -0.3 is 23.8 Å². The molecule has 0 saturated heterocycles. The predicted octanol–water partition coefficient (Wildman–Crippen LogP) is 2.01. The van der Waals surface area contributed by atoms with Crippen molar-refractivity contribution in [2.24, 2.45) is 0 Å². The first-order chi connectivity index (χ1) is 11.9. The molecule has 0 atom stereocenters. The molecule has 2 rings (SSSR count). The first kappa shape index (κ1) is 18.4. The maximum Gasteiger partial charge on any atom is 0.340 e. The van der Waals surface area contributed by atoms with Crippen molar-refractivity contribution in [1.82, 2.24) is 4.90 Å². The lowest BCUT2D eigenvalue weighted by atomic mass is 10.0. The molecule has 1 amide bonds. The summed E-state index contributed by atoms with van der Waals surface area (Å²) < 4.78 is 20.7. The van der Waals surface area contributed by atoms with Crippen LogP contribution in [0.5, 0.6) is 17.2 Å². The van der Waals surface area contributed by atoms with Crippen LogP contribution in [0, 0.1) is 0 Å². The second-order valence-electron chi connectivity index (χ2n) is 5.33. The fraction of sp³-hybridized carbons (Fsp3) is 0.333. The molecular weight excluding hydrogens is 326 g/mol. The molecule has 1 aromatic rings. The largest absolute Gasteiger partial charge is 0.493 e. The minimum absolute atomic E-state index is 0.240. The number of hydrogen-bond acceptors (Lipinski definition) is 6. The highest BCUT2D eigenvalue weighted by atomic mass is 16.5. The number of nitrogens with zero attached hydrogens (tertiary/aromatic N) is 1. The fourth-order valence-electron chi connectivity index (χ4n) is 2.65. The summed E-state index contributed by atoms with van der Waals surface area (Å²) in [7, 11) is 7.41. The summed E-state index contributed by atoms with van der Waals surface area (Å²) in [6.07, 6.45) is 1.60. The van der Waals surface area contributed by atoms with E-state index in [1.165, 1.54) is 33.3 Å². The number of hydrogen-bond donors (Lipinski definition) is 0. The average Bonchev–Trinajstić information content (AvgIpc) is 2.84. The highest BCUT2D eigenvalue weighted by molar-refractivity contribution is 6.16. The topological polar surface area (TPSA) is 74.3 Å². The Morgan fingerprint density at radius 3 is 2.04 bits per heavy atom. The number of likely N-dealkylation sites (N-methyl/N-ethyl adjacent to an activating group) is 1. The van der Waals surface area contributed by atoms with E-state index < -0.39 is 5.97 Å². The van der Waals surface area contributed by atoms with Crippen molar-refractivity contribution in [3.8, 4) is 17.2 Å². The monoisotopic (exact) mass is 347 g/mol. The van der Waals surface area contributed by atoms with Crippen LogP contribution < -0.4 is 14.2 Å². The molecule has 0 fully saturated rings. The van der Waals surface area contributed by atoms with E-state index in [0.29, 0.717) is 28.5 Å². The maximum atomic E-state index is 12.5. The maximum absolute atomic E-state index is 12.5. The van der Waals surface area contributed by atoms with Crippen LogP contribution in [0.4, 0.5) is 0 Å². The minimum Gasteiger partial charge on any atom is -0.493 e. The number of methoxy groups -OCH3 is 4. The first-order valence-electron chi connectivity index (χ1n) is 7.48. The van der Waals surface area contributed by atoms with Gasteiger partial charge in [-0.15, -0.1) is 0 Å². The van der Waals surface area contributed by atoms with E-state index in [9.17, 15) is 9.59 Å². The van der Waals surface area contributed by atoms with Gasteiger partial charge in [0, 0.05) is 12.7 Å². The third-order valence-electron chi connectivity index (χ3n) is 4.06. The van der Waals surface area contributed by atoms with Crippen molar-refractivity contribution in [3.63, 3.8) is 0 Å². The Morgan fingerprint density at radius 2 is 1.60 bits per heavy atom. The SMILES string of the molecule is COC(=O)C1=C(C)N(C)C(=O)/C1=C\c1cc(OC)c(OC)c(OC)c1. The summed E-state index contributed by atoms with van der Waals surface area (Å²) in [6.45, 7) is 1.69. The van der Waals surface area contributed by atoms with Crippen LogP contribution in [-0.2, 0) is 14.3 Å². The van der Waals surface area contributed by atoms with Crippen LogP contribution in [0.15, 0.2) is 29.0 Å². The van der Waals surface area contributed by atoms with Gasteiger partial charge in [-0.2, -0.15) is 0 Å². The number of rotatable bonds is 5. The van der Waals surface area contributed by atoms with Crippen molar-refractivity contribution in [3.05, 3.63) is 34.5 Å². The van der Waals surface area contributed by atoms with Crippen LogP contribution in [0.3, 0.4) is 0 Å². The number of allylic oxidation sites excluding steroid dienone is 1. The van der Waals surface area contributed by atoms with Crippen LogP contribution in [0.2, 0.25) is 0 Å². The van der Waals surface area contributed by atoms with Gasteiger partial charge in [0.1, 0.15) is 0 Å². The lowest BCUT2D eigenvalue weighted by Gasteiger charge is -2.13. The summed E-state index contributed by atoms with van der Waals surface area (Å²) >= 11 is 0. The van der Waals surface area contributed by atoms with Crippen molar-refractivity contribution >= 4 is 18.0 Å². The van der Waals surface area contributed by atoms with Gasteiger partial charge in [-0.3, -0.25) is 4.79 Å². The number of benzene rings is 1. The van der Waals surface area contributed by atoms with Gasteiger partial charge in [0.15, 0.2) is 11.5 Å². The van der Waals surface area contributed by atoms with Gasteiger partial charge in [-0.25, -0.2) is 4.79 Å². The summed E-state index contributed by atoms with van der Waals surface area (Å²) in [5, 5.41) is 0. The second-order valence-corrected chi connectivity index (χ2v) is 5.33. The summed E-state index contributed by atoms with van der Waals surface area (Å²) in [4.78, 5) is 26.0. The average molecular weight is 347 g/mol. The second kappa shape index (κ2) is 7.29. The molecule has 0 bridgehead atoms. The Hall–Kier alpha value is -2.96. The number of esters is 1. The van der Waals surface area contributed by atoms with Gasteiger partial charge in [0.2, 0.25) is 5.75 Å². The van der Waals surface area contributed by atoms with Crippen molar-refractivity contribution in [2.45, 2.75) is 6.92 Å². The van der Waals surface area contributed by atoms with Crippen LogP contribution in [0.1, 0.15) is 12.5 Å². The molecule has 25 heavy (non-hydrogen) atoms. The van der Waals surface area contributed by atoms with E-state index in [2.05, 4.69) is 0 Å². The Morgan fingerprint density at radius 1 is 1.04 bits per heavy atom. The van der Waals surface area contributed by atoms with E-state index in [-0.39, 0.29) is 17.1 Å². The molecule has 7 nitrogen and oxygen atoms in total. The van der Waals surface area contributed by atoms with Crippen LogP contribution in [-0.4, -0.2) is 52.3 Å². The Labute approximate surface area is 146 Å². The predicted molar refractivity (Wildman–Crippen MR) is 91.6 cm³/mol. The number of carbonyl (C=O) groups is 2. The van der Waals surface area contributed by atoms with Gasteiger partial charge in [-0.05, 0) is 30.7 Å². The molecule has 0 radical (unpaired) electrons. The van der Waals surface area contributed by atoms with Crippen LogP contribution >= 0.6 is 0 Å². The van der Waals surface area contributed by atoms with Crippen molar-refractivity contribution in [2.75, 3.05) is 35.5 Å².